The van der Waals surface area contributed by atoms with Crippen LogP contribution in [0, 0.1) is 0 Å². The molecule has 116 valence electrons. The molecule has 1 aromatic rings. The van der Waals surface area contributed by atoms with Gasteiger partial charge in [0.15, 0.2) is 0 Å². The average molecular weight is 378 g/mol. The van der Waals surface area contributed by atoms with Crippen LogP contribution in [0.3, 0.4) is 0 Å². The van der Waals surface area contributed by atoms with E-state index < -0.39 is 21.6 Å². The third-order valence-electron chi connectivity index (χ3n) is 3.76. The fourth-order valence-corrected chi connectivity index (χ4v) is 3.73. The molecule has 8 heteroatoms. The predicted octanol–water partition coefficient (Wildman–Crippen LogP) is 1.99. The largest absolute Gasteiger partial charge is 0.478 e. The van der Waals surface area contributed by atoms with Gasteiger partial charge < -0.3 is 9.84 Å². The lowest BCUT2D eigenvalue weighted by molar-refractivity contribution is -0.0659. The highest BCUT2D eigenvalue weighted by Crippen LogP contribution is 2.34. The van der Waals surface area contributed by atoms with E-state index in [1.54, 1.807) is 7.11 Å². The van der Waals surface area contributed by atoms with Crippen molar-refractivity contribution in [3.63, 3.8) is 0 Å². The van der Waals surface area contributed by atoms with Crippen molar-refractivity contribution in [1.29, 1.82) is 0 Å². The van der Waals surface area contributed by atoms with Crippen molar-refractivity contribution in [1.82, 2.24) is 4.72 Å². The molecule has 1 fully saturated rings. The Labute approximate surface area is 131 Å². The van der Waals surface area contributed by atoms with Crippen LogP contribution >= 0.6 is 15.9 Å². The Morgan fingerprint density at radius 2 is 2.14 bits per heavy atom. The molecule has 0 atom stereocenters. The Morgan fingerprint density at radius 3 is 2.62 bits per heavy atom. The van der Waals surface area contributed by atoms with Crippen LogP contribution in [0.4, 0.5) is 0 Å². The minimum absolute atomic E-state index is 0.0753. The number of sulfonamides is 1. The minimum atomic E-state index is -3.77. The normalized spacial score (nSPS) is 17.2. The van der Waals surface area contributed by atoms with E-state index in [1.807, 2.05) is 0 Å². The molecule has 0 unspecified atom stereocenters. The molecule has 2 rings (SSSR count). The smallest absolute Gasteiger partial charge is 0.336 e. The monoisotopic (exact) mass is 377 g/mol. The number of methoxy groups -OCH3 is 1. The Kier molecular flexibility index (Phi) is 4.72. The van der Waals surface area contributed by atoms with E-state index in [0.717, 1.165) is 25.3 Å². The van der Waals surface area contributed by atoms with E-state index in [9.17, 15) is 13.2 Å². The lowest BCUT2D eigenvalue weighted by Gasteiger charge is -2.40. The number of nitrogens with one attached hydrogen (secondary N) is 1. The van der Waals surface area contributed by atoms with Gasteiger partial charge in [0.05, 0.1) is 16.1 Å². The molecule has 21 heavy (non-hydrogen) atoms. The molecule has 0 radical (unpaired) electrons. The zero-order valence-corrected chi connectivity index (χ0v) is 13.8. The zero-order chi connectivity index (χ0) is 15.7. The summed E-state index contributed by atoms with van der Waals surface area (Å²) in [7, 11) is -2.20. The first-order valence-corrected chi connectivity index (χ1v) is 8.65. The van der Waals surface area contributed by atoms with Crippen LogP contribution in [0.25, 0.3) is 0 Å². The number of carbonyl (C=O) groups is 1. The molecule has 0 amide bonds. The molecule has 1 aliphatic rings. The summed E-state index contributed by atoms with van der Waals surface area (Å²) in [4.78, 5) is 11.0. The van der Waals surface area contributed by atoms with Gasteiger partial charge in [-0.15, -0.1) is 0 Å². The molecule has 2 N–H and O–H groups in total. The van der Waals surface area contributed by atoms with E-state index >= 15 is 0 Å². The molecular weight excluding hydrogens is 362 g/mol. The van der Waals surface area contributed by atoms with Crippen molar-refractivity contribution in [3.05, 3.63) is 28.2 Å². The third-order valence-corrected chi connectivity index (χ3v) is 5.85. The molecule has 0 aliphatic heterocycles. The van der Waals surface area contributed by atoms with Crippen molar-refractivity contribution >= 4 is 31.9 Å². The molecule has 0 heterocycles. The van der Waals surface area contributed by atoms with E-state index in [0.29, 0.717) is 4.47 Å². The number of rotatable bonds is 6. The molecule has 1 aliphatic carbocycles. The summed E-state index contributed by atoms with van der Waals surface area (Å²) >= 11 is 3.08. The van der Waals surface area contributed by atoms with Crippen LogP contribution < -0.4 is 4.72 Å². The van der Waals surface area contributed by atoms with E-state index in [1.165, 1.54) is 12.1 Å². The summed E-state index contributed by atoms with van der Waals surface area (Å²) in [5.74, 6) is -1.19. The summed E-state index contributed by atoms with van der Waals surface area (Å²) in [6, 6.07) is 3.90. The van der Waals surface area contributed by atoms with Gasteiger partial charge in [0.1, 0.15) is 0 Å². The van der Waals surface area contributed by atoms with Crippen LogP contribution in [0.2, 0.25) is 0 Å². The summed E-state index contributed by atoms with van der Waals surface area (Å²) in [5.41, 5.74) is -0.527. The second kappa shape index (κ2) is 6.04. The van der Waals surface area contributed by atoms with Gasteiger partial charge in [-0.2, -0.15) is 0 Å². The highest BCUT2D eigenvalue weighted by atomic mass is 79.9. The molecule has 0 bridgehead atoms. The van der Waals surface area contributed by atoms with Crippen molar-refractivity contribution < 1.29 is 23.1 Å². The first-order valence-electron chi connectivity index (χ1n) is 6.37. The number of halogens is 1. The SMILES string of the molecule is COC1(CNS(=O)(=O)c2ccc(Br)c(C(=O)O)c2)CCC1. The Bertz CT molecular complexity index is 649. The standard InChI is InChI=1S/C13H16BrNO5S/c1-20-13(5-2-6-13)8-15-21(18,19)9-3-4-11(14)10(7-9)12(16)17/h3-4,7,15H,2,5-6,8H2,1H3,(H,16,17). The van der Waals surface area contributed by atoms with E-state index in [-0.39, 0.29) is 17.0 Å². The van der Waals surface area contributed by atoms with Gasteiger partial charge in [-0.25, -0.2) is 17.9 Å². The van der Waals surface area contributed by atoms with Gasteiger partial charge in [0, 0.05) is 18.1 Å². The molecule has 1 saturated carbocycles. The fourth-order valence-electron chi connectivity index (χ4n) is 2.17. The minimum Gasteiger partial charge on any atom is -0.478 e. The number of hydrogen-bond acceptors (Lipinski definition) is 4. The third kappa shape index (κ3) is 3.45. The first kappa shape index (κ1) is 16.4. The van der Waals surface area contributed by atoms with Crippen LogP contribution in [-0.4, -0.2) is 38.7 Å². The number of ether oxygens (including phenoxy) is 1. The van der Waals surface area contributed by atoms with E-state index in [2.05, 4.69) is 20.7 Å². The van der Waals surface area contributed by atoms with Gasteiger partial charge in [-0.3, -0.25) is 0 Å². The summed E-state index contributed by atoms with van der Waals surface area (Å²) in [5, 5.41) is 9.03. The molecule has 0 aromatic heterocycles. The maximum Gasteiger partial charge on any atom is 0.336 e. The van der Waals surface area contributed by atoms with E-state index in [4.69, 9.17) is 9.84 Å². The van der Waals surface area contributed by atoms with Crippen LogP contribution in [-0.2, 0) is 14.8 Å². The van der Waals surface area contributed by atoms with Gasteiger partial charge in [-0.05, 0) is 53.4 Å². The summed E-state index contributed by atoms with van der Waals surface area (Å²) < 4.78 is 32.7. The lowest BCUT2D eigenvalue weighted by Crippen LogP contribution is -2.49. The number of carboxylic acid groups (broad SMARTS) is 1. The average Bonchev–Trinajstić information content (AvgIpc) is 2.37. The van der Waals surface area contributed by atoms with Crippen molar-refractivity contribution in [3.8, 4) is 0 Å². The Hall–Kier alpha value is -0.960. The van der Waals surface area contributed by atoms with Crippen molar-refractivity contribution in [2.24, 2.45) is 0 Å². The molecule has 0 spiro atoms. The van der Waals surface area contributed by atoms with Crippen molar-refractivity contribution in [2.45, 2.75) is 29.8 Å². The fraction of sp³-hybridized carbons (Fsp3) is 0.462. The Balaban J connectivity index is 2.20. The van der Waals surface area contributed by atoms with Crippen LogP contribution in [0.5, 0.6) is 0 Å². The molecule has 1 aromatic carbocycles. The van der Waals surface area contributed by atoms with Crippen molar-refractivity contribution in [2.75, 3.05) is 13.7 Å². The summed E-state index contributed by atoms with van der Waals surface area (Å²) in [6.45, 7) is 0.185. The molecular formula is C13H16BrNO5S. The maximum atomic E-state index is 12.2. The first-order chi connectivity index (χ1) is 9.80. The van der Waals surface area contributed by atoms with Gasteiger partial charge >= 0.3 is 5.97 Å². The lowest BCUT2D eigenvalue weighted by atomic mass is 9.80. The second-order valence-corrected chi connectivity index (χ2v) is 7.63. The van der Waals surface area contributed by atoms with Gasteiger partial charge in [0.2, 0.25) is 10.0 Å². The quantitative estimate of drug-likeness (QED) is 0.790. The highest BCUT2D eigenvalue weighted by molar-refractivity contribution is 9.10. The number of aromatic carboxylic acids is 1. The highest BCUT2D eigenvalue weighted by Gasteiger charge is 2.38. The number of hydrogen-bond donors (Lipinski definition) is 2. The van der Waals surface area contributed by atoms with Gasteiger partial charge in [-0.1, -0.05) is 0 Å². The molecule has 0 saturated heterocycles. The Morgan fingerprint density at radius 1 is 1.48 bits per heavy atom. The molecule has 6 nitrogen and oxygen atoms in total. The van der Waals surface area contributed by atoms with Gasteiger partial charge in [0.25, 0.3) is 0 Å². The van der Waals surface area contributed by atoms with Crippen LogP contribution in [0.1, 0.15) is 29.6 Å². The summed E-state index contributed by atoms with van der Waals surface area (Å²) in [6.07, 6.45) is 2.64. The number of benzene rings is 1. The number of carboxylic acids is 1. The zero-order valence-electron chi connectivity index (χ0n) is 11.4. The topological polar surface area (TPSA) is 92.7 Å². The predicted molar refractivity (Wildman–Crippen MR) is 79.9 cm³/mol. The second-order valence-electron chi connectivity index (χ2n) is 5.01. The maximum absolute atomic E-state index is 12.2. The van der Waals surface area contributed by atoms with Crippen LogP contribution in [0.15, 0.2) is 27.6 Å².